The van der Waals surface area contributed by atoms with Crippen LogP contribution in [-0.4, -0.2) is 23.2 Å². The highest BCUT2D eigenvalue weighted by molar-refractivity contribution is 5.35. The quantitative estimate of drug-likeness (QED) is 0.536. The number of alkyl halides is 9. The van der Waals surface area contributed by atoms with Gasteiger partial charge in [-0.3, -0.25) is 0 Å². The molecule has 2 atom stereocenters. The molecule has 0 spiro atoms. The Bertz CT molecular complexity index is 876. The normalized spacial score (nSPS) is 21.1. The fraction of sp³-hybridized carbons (Fsp3) is 0.444. The molecule has 0 amide bonds. The van der Waals surface area contributed by atoms with Crippen LogP contribution in [0.5, 0.6) is 0 Å². The highest BCUT2D eigenvalue weighted by Crippen LogP contribution is 2.40. The molecule has 2 unspecified atom stereocenters. The Kier molecular flexibility index (Phi) is 6.20. The summed E-state index contributed by atoms with van der Waals surface area (Å²) in [5, 5.41) is 0. The van der Waals surface area contributed by atoms with Crippen LogP contribution >= 0.6 is 0 Å². The van der Waals surface area contributed by atoms with Crippen LogP contribution in [0.15, 0.2) is 30.6 Å². The van der Waals surface area contributed by atoms with E-state index in [1.165, 1.54) is 0 Å². The molecule has 1 aromatic carbocycles. The van der Waals surface area contributed by atoms with E-state index >= 15 is 0 Å². The minimum atomic E-state index is -5.03. The minimum absolute atomic E-state index is 0.00210. The lowest BCUT2D eigenvalue weighted by atomic mass is 9.96. The van der Waals surface area contributed by atoms with Gasteiger partial charge in [0, 0.05) is 24.4 Å². The Labute approximate surface area is 169 Å². The van der Waals surface area contributed by atoms with Crippen LogP contribution in [0.2, 0.25) is 0 Å². The van der Waals surface area contributed by atoms with Gasteiger partial charge in [0.05, 0.1) is 36.5 Å². The second-order valence-corrected chi connectivity index (χ2v) is 6.63. The summed E-state index contributed by atoms with van der Waals surface area (Å²) in [6.45, 7) is -0.243. The van der Waals surface area contributed by atoms with Crippen LogP contribution in [0.4, 0.5) is 39.5 Å². The average Bonchev–Trinajstić information content (AvgIpc) is 2.92. The van der Waals surface area contributed by atoms with Crippen LogP contribution in [0.25, 0.3) is 0 Å². The van der Waals surface area contributed by atoms with Crippen molar-refractivity contribution in [2.45, 2.75) is 37.2 Å². The number of rotatable bonds is 2. The first-order valence-electron chi connectivity index (χ1n) is 8.67. The number of ether oxygens (including phenoxy) is 2. The van der Waals surface area contributed by atoms with E-state index in [4.69, 9.17) is 9.47 Å². The highest BCUT2D eigenvalue weighted by Gasteiger charge is 2.38. The second kappa shape index (κ2) is 8.26. The number of benzene rings is 1. The molecule has 0 radical (unpaired) electrons. The van der Waals surface area contributed by atoms with E-state index in [1.54, 1.807) is 0 Å². The summed E-state index contributed by atoms with van der Waals surface area (Å²) in [6, 6.07) is 1.09. The van der Waals surface area contributed by atoms with Crippen LogP contribution in [0.3, 0.4) is 0 Å². The summed E-state index contributed by atoms with van der Waals surface area (Å²) >= 11 is 0. The molecule has 0 N–H and O–H groups in total. The van der Waals surface area contributed by atoms with Crippen LogP contribution in [0.1, 0.15) is 46.7 Å². The molecule has 0 saturated carbocycles. The molecule has 4 nitrogen and oxygen atoms in total. The number of hydrogen-bond donors (Lipinski definition) is 0. The highest BCUT2D eigenvalue weighted by atomic mass is 19.4. The molecule has 1 fully saturated rings. The lowest BCUT2D eigenvalue weighted by molar-refractivity contribution is -0.145. The third-order valence-electron chi connectivity index (χ3n) is 4.43. The summed E-state index contributed by atoms with van der Waals surface area (Å²) in [5.41, 5.74) is -3.31. The molecule has 1 saturated heterocycles. The van der Waals surface area contributed by atoms with Crippen molar-refractivity contribution in [3.05, 3.63) is 58.7 Å². The Morgan fingerprint density at radius 3 is 1.52 bits per heavy atom. The van der Waals surface area contributed by atoms with Crippen molar-refractivity contribution in [1.29, 1.82) is 0 Å². The Morgan fingerprint density at radius 1 is 0.645 bits per heavy atom. The van der Waals surface area contributed by atoms with Crippen molar-refractivity contribution in [1.82, 2.24) is 9.97 Å². The molecule has 1 aliphatic rings. The van der Waals surface area contributed by atoms with Crippen molar-refractivity contribution in [3.63, 3.8) is 0 Å². The van der Waals surface area contributed by atoms with E-state index < -0.39 is 47.7 Å². The van der Waals surface area contributed by atoms with E-state index in [0.29, 0.717) is 12.1 Å². The van der Waals surface area contributed by atoms with Gasteiger partial charge in [-0.1, -0.05) is 0 Å². The molecular formula is C18H13F9N2O2. The molecule has 0 bridgehead atoms. The first-order chi connectivity index (χ1) is 14.2. The largest absolute Gasteiger partial charge is 0.451 e. The van der Waals surface area contributed by atoms with E-state index in [1.807, 2.05) is 0 Å². The molecule has 1 aliphatic heterocycles. The van der Waals surface area contributed by atoms with Gasteiger partial charge in [0.2, 0.25) is 5.82 Å². The predicted octanol–water partition coefficient (Wildman–Crippen LogP) is 5.75. The molecule has 2 heterocycles. The molecule has 3 rings (SSSR count). The SMILES string of the molecule is FC(F)(F)c1cc(C2CC(c3cnc(C(F)(F)F)nc3)OCCO2)cc(C(F)(F)F)c1. The zero-order valence-electron chi connectivity index (χ0n) is 15.3. The molecule has 31 heavy (non-hydrogen) atoms. The fourth-order valence-corrected chi connectivity index (χ4v) is 2.99. The van der Waals surface area contributed by atoms with E-state index in [2.05, 4.69) is 9.97 Å². The van der Waals surface area contributed by atoms with E-state index in [0.717, 1.165) is 12.4 Å². The lowest BCUT2D eigenvalue weighted by Gasteiger charge is -2.22. The van der Waals surface area contributed by atoms with Crippen molar-refractivity contribution in [2.75, 3.05) is 13.2 Å². The number of hydrogen-bond acceptors (Lipinski definition) is 4. The summed E-state index contributed by atoms with van der Waals surface area (Å²) in [4.78, 5) is 6.38. The van der Waals surface area contributed by atoms with Crippen molar-refractivity contribution in [3.8, 4) is 0 Å². The van der Waals surface area contributed by atoms with E-state index in [9.17, 15) is 39.5 Å². The Hall–Kier alpha value is -2.41. The van der Waals surface area contributed by atoms with Crippen molar-refractivity contribution >= 4 is 0 Å². The monoisotopic (exact) mass is 460 g/mol. The van der Waals surface area contributed by atoms with E-state index in [-0.39, 0.29) is 36.8 Å². The first-order valence-corrected chi connectivity index (χ1v) is 8.67. The van der Waals surface area contributed by atoms with Crippen LogP contribution in [0, 0.1) is 0 Å². The zero-order valence-corrected chi connectivity index (χ0v) is 15.3. The van der Waals surface area contributed by atoms with Gasteiger partial charge in [-0.05, 0) is 23.8 Å². The summed E-state index contributed by atoms with van der Waals surface area (Å²) < 4.78 is 127. The van der Waals surface area contributed by atoms with Crippen LogP contribution < -0.4 is 0 Å². The molecule has 0 aliphatic carbocycles. The predicted molar refractivity (Wildman–Crippen MR) is 85.5 cm³/mol. The van der Waals surface area contributed by atoms with Crippen LogP contribution in [-0.2, 0) is 28.0 Å². The molecule has 170 valence electrons. The summed E-state index contributed by atoms with van der Waals surface area (Å²) in [7, 11) is 0. The second-order valence-electron chi connectivity index (χ2n) is 6.63. The zero-order chi connectivity index (χ0) is 23.0. The number of nitrogens with zero attached hydrogens (tertiary/aromatic N) is 2. The van der Waals surface area contributed by atoms with Gasteiger partial charge in [0.25, 0.3) is 0 Å². The minimum Gasteiger partial charge on any atom is -0.371 e. The summed E-state index contributed by atoms with van der Waals surface area (Å²) in [5.74, 6) is -1.40. The fourth-order valence-electron chi connectivity index (χ4n) is 2.99. The van der Waals surface area contributed by atoms with Gasteiger partial charge < -0.3 is 9.47 Å². The number of halogens is 9. The standard InChI is InChI=1S/C18H13F9N2O2/c19-16(20,21)11-3-9(4-12(5-11)17(22,23)24)13-6-14(31-2-1-30-13)10-7-28-15(29-8-10)18(25,26)27/h3-5,7-8,13-14H,1-2,6H2. The van der Waals surface area contributed by atoms with Gasteiger partial charge in [-0.2, -0.15) is 39.5 Å². The smallest absolute Gasteiger partial charge is 0.371 e. The third kappa shape index (κ3) is 5.64. The van der Waals surface area contributed by atoms with Gasteiger partial charge in [-0.25, -0.2) is 9.97 Å². The van der Waals surface area contributed by atoms with Crippen molar-refractivity contribution in [2.24, 2.45) is 0 Å². The summed E-state index contributed by atoms with van der Waals surface area (Å²) in [6.07, 6.45) is -15.6. The average molecular weight is 460 g/mol. The van der Waals surface area contributed by atoms with Gasteiger partial charge in [0.1, 0.15) is 0 Å². The molecule has 1 aromatic heterocycles. The maximum atomic E-state index is 13.1. The third-order valence-corrected chi connectivity index (χ3v) is 4.43. The topological polar surface area (TPSA) is 44.2 Å². The Balaban J connectivity index is 1.93. The van der Waals surface area contributed by atoms with Crippen molar-refractivity contribution < 1.29 is 49.0 Å². The lowest BCUT2D eigenvalue weighted by Crippen LogP contribution is -2.15. The van der Waals surface area contributed by atoms with Gasteiger partial charge in [0.15, 0.2) is 0 Å². The molecular weight excluding hydrogens is 447 g/mol. The maximum Gasteiger partial charge on any atom is 0.451 e. The first kappa shape index (κ1) is 23.3. The Morgan fingerprint density at radius 2 is 1.10 bits per heavy atom. The molecule has 13 heteroatoms. The van der Waals surface area contributed by atoms with Gasteiger partial charge in [-0.15, -0.1) is 0 Å². The number of aromatic nitrogens is 2. The van der Waals surface area contributed by atoms with Gasteiger partial charge >= 0.3 is 18.5 Å². The molecule has 2 aromatic rings. The maximum absolute atomic E-state index is 13.1.